The lowest BCUT2D eigenvalue weighted by molar-refractivity contribution is -0.896. The molecule has 1 rings (SSSR count). The Morgan fingerprint density at radius 2 is 1.53 bits per heavy atom. The lowest BCUT2D eigenvalue weighted by Crippen LogP contribution is -3.11. The number of ether oxygens (including phenoxy) is 2. The topological polar surface area (TPSA) is 22.9 Å². The molecule has 108 valence electrons. The van der Waals surface area contributed by atoms with Crippen LogP contribution in [0.25, 0.3) is 0 Å². The fraction of sp³-hybridized carbons (Fsp3) is 0.625. The van der Waals surface area contributed by atoms with Crippen LogP contribution in [0.5, 0.6) is 5.75 Å². The Morgan fingerprint density at radius 3 is 2.11 bits per heavy atom. The monoisotopic (exact) mass is 266 g/mol. The predicted octanol–water partition coefficient (Wildman–Crippen LogP) is 1.62. The molecular formula is C16H28NO2+. The largest absolute Gasteiger partial charge is 0.491 e. The smallest absolute Gasteiger partial charge is 0.119 e. The number of quaternary nitrogens is 1. The first-order chi connectivity index (χ1) is 9.15. The lowest BCUT2D eigenvalue weighted by Gasteiger charge is -2.15. The van der Waals surface area contributed by atoms with Crippen LogP contribution in [-0.4, -0.2) is 39.5 Å². The van der Waals surface area contributed by atoms with Gasteiger partial charge in [0.05, 0.1) is 26.3 Å². The zero-order valence-corrected chi connectivity index (χ0v) is 12.8. The molecule has 0 spiro atoms. The van der Waals surface area contributed by atoms with Crippen LogP contribution in [0, 0.1) is 13.8 Å². The molecule has 0 atom stereocenters. The molecule has 1 aromatic carbocycles. The minimum Gasteiger partial charge on any atom is -0.491 e. The second kappa shape index (κ2) is 8.94. The Hall–Kier alpha value is -1.06. The molecule has 0 saturated heterocycles. The summed E-state index contributed by atoms with van der Waals surface area (Å²) < 4.78 is 11.3. The van der Waals surface area contributed by atoms with Crippen LogP contribution >= 0.6 is 0 Å². The number of nitrogens with one attached hydrogen (secondary N) is 1. The van der Waals surface area contributed by atoms with Gasteiger partial charge in [0.15, 0.2) is 0 Å². The first-order valence-electron chi connectivity index (χ1n) is 7.28. The normalized spacial score (nSPS) is 11.0. The minimum absolute atomic E-state index is 0.622. The van der Waals surface area contributed by atoms with Crippen molar-refractivity contribution < 1.29 is 14.4 Å². The summed E-state index contributed by atoms with van der Waals surface area (Å²) in [5.74, 6) is 0.940. The van der Waals surface area contributed by atoms with Crippen LogP contribution in [0.2, 0.25) is 0 Å². The standard InChI is InChI=1S/C16H27NO2/c1-5-17(6-2)7-8-18-9-10-19-16-12-14(3)11-15(4)13-16/h11-13H,5-10H2,1-4H3/p+1. The van der Waals surface area contributed by atoms with Gasteiger partial charge in [-0.1, -0.05) is 6.07 Å². The van der Waals surface area contributed by atoms with Gasteiger partial charge in [-0.05, 0) is 51.0 Å². The van der Waals surface area contributed by atoms with E-state index in [2.05, 4.69) is 45.9 Å². The Bertz CT molecular complexity index is 342. The minimum atomic E-state index is 0.622. The Labute approximate surface area is 117 Å². The first-order valence-corrected chi connectivity index (χ1v) is 7.28. The van der Waals surface area contributed by atoms with Crippen LogP contribution in [-0.2, 0) is 4.74 Å². The second-order valence-electron chi connectivity index (χ2n) is 4.99. The summed E-state index contributed by atoms with van der Waals surface area (Å²) in [5.41, 5.74) is 2.47. The highest BCUT2D eigenvalue weighted by Crippen LogP contribution is 2.15. The zero-order valence-electron chi connectivity index (χ0n) is 12.8. The molecule has 1 aromatic rings. The summed E-state index contributed by atoms with van der Waals surface area (Å²) in [6.45, 7) is 14.1. The van der Waals surface area contributed by atoms with Gasteiger partial charge >= 0.3 is 0 Å². The average Bonchev–Trinajstić information content (AvgIpc) is 2.37. The van der Waals surface area contributed by atoms with E-state index in [0.717, 1.165) is 18.9 Å². The summed E-state index contributed by atoms with van der Waals surface area (Å²) >= 11 is 0. The van der Waals surface area contributed by atoms with Crippen LogP contribution < -0.4 is 9.64 Å². The molecule has 0 aromatic heterocycles. The summed E-state index contributed by atoms with van der Waals surface area (Å²) in [7, 11) is 0. The molecule has 0 aliphatic heterocycles. The number of benzene rings is 1. The number of likely N-dealkylation sites (N-methyl/N-ethyl adjacent to an activating group) is 1. The van der Waals surface area contributed by atoms with E-state index in [-0.39, 0.29) is 0 Å². The Balaban J connectivity index is 2.14. The van der Waals surface area contributed by atoms with E-state index in [1.54, 1.807) is 4.90 Å². The second-order valence-corrected chi connectivity index (χ2v) is 4.99. The van der Waals surface area contributed by atoms with Crippen molar-refractivity contribution in [1.82, 2.24) is 0 Å². The van der Waals surface area contributed by atoms with Gasteiger partial charge in [-0.3, -0.25) is 0 Å². The molecule has 0 radical (unpaired) electrons. The molecular weight excluding hydrogens is 238 g/mol. The van der Waals surface area contributed by atoms with E-state index in [1.807, 2.05) is 0 Å². The van der Waals surface area contributed by atoms with Gasteiger partial charge in [0.2, 0.25) is 0 Å². The average molecular weight is 266 g/mol. The molecule has 0 amide bonds. The zero-order chi connectivity index (χ0) is 14.1. The molecule has 19 heavy (non-hydrogen) atoms. The third-order valence-electron chi connectivity index (χ3n) is 3.29. The van der Waals surface area contributed by atoms with Gasteiger partial charge in [0, 0.05) is 0 Å². The van der Waals surface area contributed by atoms with Gasteiger partial charge in [-0.25, -0.2) is 0 Å². The predicted molar refractivity (Wildman–Crippen MR) is 79.1 cm³/mol. The van der Waals surface area contributed by atoms with Crippen LogP contribution in [0.4, 0.5) is 0 Å². The fourth-order valence-electron chi connectivity index (χ4n) is 2.16. The summed E-state index contributed by atoms with van der Waals surface area (Å²) in [6, 6.07) is 6.27. The highest BCUT2D eigenvalue weighted by atomic mass is 16.5. The first kappa shape index (κ1) is 16.0. The molecule has 0 aliphatic carbocycles. The molecule has 1 N–H and O–H groups in total. The lowest BCUT2D eigenvalue weighted by atomic mass is 10.1. The Morgan fingerprint density at radius 1 is 0.895 bits per heavy atom. The number of hydrogen-bond acceptors (Lipinski definition) is 2. The van der Waals surface area contributed by atoms with E-state index in [0.29, 0.717) is 13.2 Å². The summed E-state index contributed by atoms with van der Waals surface area (Å²) in [5, 5.41) is 0. The molecule has 3 heteroatoms. The SMILES string of the molecule is CC[NH+](CC)CCOCCOc1cc(C)cc(C)c1. The third kappa shape index (κ3) is 6.60. The van der Waals surface area contributed by atoms with Gasteiger partial charge in [0.1, 0.15) is 18.9 Å². The van der Waals surface area contributed by atoms with Gasteiger partial charge in [-0.15, -0.1) is 0 Å². The van der Waals surface area contributed by atoms with E-state index in [9.17, 15) is 0 Å². The van der Waals surface area contributed by atoms with Gasteiger partial charge in [0.25, 0.3) is 0 Å². The maximum absolute atomic E-state index is 5.70. The van der Waals surface area contributed by atoms with Crippen molar-refractivity contribution in [3.8, 4) is 5.75 Å². The van der Waals surface area contributed by atoms with Crippen molar-refractivity contribution in [3.05, 3.63) is 29.3 Å². The van der Waals surface area contributed by atoms with Crippen LogP contribution in [0.3, 0.4) is 0 Å². The summed E-state index contributed by atoms with van der Waals surface area (Å²) in [6.07, 6.45) is 0. The van der Waals surface area contributed by atoms with Gasteiger partial charge in [-0.2, -0.15) is 0 Å². The molecule has 0 fully saturated rings. The quantitative estimate of drug-likeness (QED) is 0.687. The molecule has 0 unspecified atom stereocenters. The third-order valence-corrected chi connectivity index (χ3v) is 3.29. The molecule has 3 nitrogen and oxygen atoms in total. The van der Waals surface area contributed by atoms with Crippen molar-refractivity contribution in [1.29, 1.82) is 0 Å². The van der Waals surface area contributed by atoms with Crippen molar-refractivity contribution in [3.63, 3.8) is 0 Å². The van der Waals surface area contributed by atoms with E-state index in [1.165, 1.54) is 24.2 Å². The number of rotatable bonds is 9. The molecule has 0 saturated carbocycles. The fourth-order valence-corrected chi connectivity index (χ4v) is 2.16. The van der Waals surface area contributed by atoms with Crippen molar-refractivity contribution in [2.24, 2.45) is 0 Å². The van der Waals surface area contributed by atoms with E-state index in [4.69, 9.17) is 9.47 Å². The van der Waals surface area contributed by atoms with Crippen molar-refractivity contribution in [2.75, 3.05) is 39.5 Å². The molecule has 0 aliphatic rings. The molecule has 0 heterocycles. The van der Waals surface area contributed by atoms with E-state index >= 15 is 0 Å². The Kier molecular flexibility index (Phi) is 7.53. The molecule has 0 bridgehead atoms. The highest BCUT2D eigenvalue weighted by Gasteiger charge is 2.01. The highest BCUT2D eigenvalue weighted by molar-refractivity contribution is 5.32. The van der Waals surface area contributed by atoms with Crippen molar-refractivity contribution >= 4 is 0 Å². The summed E-state index contributed by atoms with van der Waals surface area (Å²) in [4.78, 5) is 1.58. The number of aryl methyl sites for hydroxylation is 2. The number of hydrogen-bond donors (Lipinski definition) is 1. The maximum atomic E-state index is 5.70. The van der Waals surface area contributed by atoms with Crippen LogP contribution in [0.1, 0.15) is 25.0 Å². The van der Waals surface area contributed by atoms with Crippen LogP contribution in [0.15, 0.2) is 18.2 Å². The van der Waals surface area contributed by atoms with Gasteiger partial charge < -0.3 is 14.4 Å². The maximum Gasteiger partial charge on any atom is 0.119 e. The van der Waals surface area contributed by atoms with Crippen molar-refractivity contribution in [2.45, 2.75) is 27.7 Å². The van der Waals surface area contributed by atoms with E-state index < -0.39 is 0 Å².